The Bertz CT molecular complexity index is 783. The third-order valence-corrected chi connectivity index (χ3v) is 2.84. The highest BCUT2D eigenvalue weighted by Gasteiger charge is 2.11. The van der Waals surface area contributed by atoms with Gasteiger partial charge in [-0.2, -0.15) is 4.68 Å². The van der Waals surface area contributed by atoms with E-state index in [9.17, 15) is 4.79 Å². The molecule has 6 nitrogen and oxygen atoms in total. The summed E-state index contributed by atoms with van der Waals surface area (Å²) in [7, 11) is 0. The van der Waals surface area contributed by atoms with Crippen LogP contribution in [0, 0.1) is 0 Å². The van der Waals surface area contributed by atoms with Crippen molar-refractivity contribution in [1.82, 2.24) is 19.7 Å². The van der Waals surface area contributed by atoms with E-state index >= 15 is 0 Å². The molecule has 2 heterocycles. The zero-order chi connectivity index (χ0) is 13.4. The monoisotopic (exact) mass is 273 g/mol. The number of anilines is 1. The third kappa shape index (κ3) is 2.13. The second kappa shape index (κ2) is 4.33. The van der Waals surface area contributed by atoms with Crippen LogP contribution in [0.4, 0.5) is 5.95 Å². The molecular formula is C12H8ClN5O. The van der Waals surface area contributed by atoms with Crippen molar-refractivity contribution in [2.75, 3.05) is 5.73 Å². The first-order valence-electron chi connectivity index (χ1n) is 5.40. The molecule has 0 aliphatic carbocycles. The summed E-state index contributed by atoms with van der Waals surface area (Å²) in [6.45, 7) is 0. The van der Waals surface area contributed by atoms with E-state index in [4.69, 9.17) is 17.3 Å². The Morgan fingerprint density at radius 3 is 2.84 bits per heavy atom. The number of fused-ring (bicyclic) bond motifs is 1. The van der Waals surface area contributed by atoms with Crippen LogP contribution < -0.4 is 5.73 Å². The Balaban J connectivity index is 2.07. The van der Waals surface area contributed by atoms with E-state index in [1.165, 1.54) is 12.5 Å². The molecule has 0 atom stereocenters. The molecular weight excluding hydrogens is 266 g/mol. The van der Waals surface area contributed by atoms with Gasteiger partial charge in [-0.05, 0) is 24.3 Å². The first kappa shape index (κ1) is 11.6. The standard InChI is InChI=1S/C12H8ClN5O/c13-9-1-2-10-7(4-9)3-8(5-15-10)11(19)18-6-16-12(14)17-18/h1-6H,(H2,14,17). The van der Waals surface area contributed by atoms with Gasteiger partial charge in [0.2, 0.25) is 5.95 Å². The van der Waals surface area contributed by atoms with Gasteiger partial charge in [-0.3, -0.25) is 9.78 Å². The molecule has 0 aliphatic heterocycles. The lowest BCUT2D eigenvalue weighted by Gasteiger charge is -2.02. The summed E-state index contributed by atoms with van der Waals surface area (Å²) in [6, 6.07) is 6.99. The highest BCUT2D eigenvalue weighted by Crippen LogP contribution is 2.19. The first-order chi connectivity index (χ1) is 9.13. The van der Waals surface area contributed by atoms with Crippen LogP contribution in [-0.2, 0) is 0 Å². The number of benzene rings is 1. The number of pyridine rings is 1. The predicted molar refractivity (Wildman–Crippen MR) is 70.9 cm³/mol. The van der Waals surface area contributed by atoms with Crippen LogP contribution in [0.15, 0.2) is 36.8 Å². The smallest absolute Gasteiger partial charge is 0.281 e. The number of nitrogen functional groups attached to an aromatic ring is 1. The third-order valence-electron chi connectivity index (χ3n) is 2.61. The second-order valence-electron chi connectivity index (χ2n) is 3.91. The molecule has 1 aromatic carbocycles. The zero-order valence-corrected chi connectivity index (χ0v) is 10.4. The largest absolute Gasteiger partial charge is 0.366 e. The van der Waals surface area contributed by atoms with Crippen molar-refractivity contribution in [2.24, 2.45) is 0 Å². The van der Waals surface area contributed by atoms with Gasteiger partial charge >= 0.3 is 0 Å². The number of nitrogens with two attached hydrogens (primary N) is 1. The maximum Gasteiger partial charge on any atom is 0.281 e. The molecule has 3 rings (SSSR count). The molecule has 0 bridgehead atoms. The Morgan fingerprint density at radius 2 is 2.11 bits per heavy atom. The maximum atomic E-state index is 12.1. The second-order valence-corrected chi connectivity index (χ2v) is 4.35. The van der Waals surface area contributed by atoms with Crippen LogP contribution >= 0.6 is 11.6 Å². The molecule has 7 heteroatoms. The molecule has 2 aromatic heterocycles. The van der Waals surface area contributed by atoms with E-state index in [1.54, 1.807) is 24.3 Å². The number of aromatic nitrogens is 4. The topological polar surface area (TPSA) is 86.7 Å². The van der Waals surface area contributed by atoms with E-state index < -0.39 is 0 Å². The van der Waals surface area contributed by atoms with E-state index in [-0.39, 0.29) is 11.9 Å². The molecule has 3 aromatic rings. The van der Waals surface area contributed by atoms with E-state index in [2.05, 4.69) is 15.1 Å². The van der Waals surface area contributed by atoms with Crippen LogP contribution in [0.3, 0.4) is 0 Å². The minimum absolute atomic E-state index is 0.0464. The van der Waals surface area contributed by atoms with Gasteiger partial charge in [0.05, 0.1) is 11.1 Å². The Morgan fingerprint density at radius 1 is 1.26 bits per heavy atom. The molecule has 0 saturated carbocycles. The van der Waals surface area contributed by atoms with Crippen LogP contribution in [0.5, 0.6) is 0 Å². The molecule has 19 heavy (non-hydrogen) atoms. The summed E-state index contributed by atoms with van der Waals surface area (Å²) < 4.78 is 1.07. The number of hydrogen-bond acceptors (Lipinski definition) is 5. The Kier molecular flexibility index (Phi) is 2.64. The number of carbonyl (C=O) groups is 1. The lowest BCUT2D eigenvalue weighted by Crippen LogP contribution is -2.13. The fraction of sp³-hybridized carbons (Fsp3) is 0. The normalized spacial score (nSPS) is 10.8. The van der Waals surface area contributed by atoms with Gasteiger partial charge in [0, 0.05) is 16.6 Å². The van der Waals surface area contributed by atoms with Crippen molar-refractivity contribution in [3.05, 3.63) is 47.4 Å². The SMILES string of the molecule is Nc1ncn(C(=O)c2cnc3ccc(Cl)cc3c2)n1. The molecule has 0 fully saturated rings. The van der Waals surface area contributed by atoms with Crippen LogP contribution in [0.25, 0.3) is 10.9 Å². The molecule has 0 radical (unpaired) electrons. The van der Waals surface area contributed by atoms with Crippen LogP contribution in [-0.4, -0.2) is 25.7 Å². The van der Waals surface area contributed by atoms with Gasteiger partial charge in [-0.25, -0.2) is 4.98 Å². The highest BCUT2D eigenvalue weighted by atomic mass is 35.5. The summed E-state index contributed by atoms with van der Waals surface area (Å²) >= 11 is 5.91. The fourth-order valence-corrected chi connectivity index (χ4v) is 1.91. The first-order valence-corrected chi connectivity index (χ1v) is 5.78. The van der Waals surface area contributed by atoms with Crippen molar-refractivity contribution in [2.45, 2.75) is 0 Å². The number of rotatable bonds is 1. The van der Waals surface area contributed by atoms with Gasteiger partial charge in [-0.1, -0.05) is 11.6 Å². The maximum absolute atomic E-state index is 12.1. The summed E-state index contributed by atoms with van der Waals surface area (Å²) in [5.74, 6) is -0.302. The van der Waals surface area contributed by atoms with Gasteiger partial charge in [0.25, 0.3) is 5.91 Å². The molecule has 0 spiro atoms. The quantitative estimate of drug-likeness (QED) is 0.730. The number of carbonyl (C=O) groups excluding carboxylic acids is 1. The average Bonchev–Trinajstić information content (AvgIpc) is 2.83. The summed E-state index contributed by atoms with van der Waals surface area (Å²) in [5, 5.41) is 5.14. The molecule has 94 valence electrons. The molecule has 0 aliphatic rings. The summed E-state index contributed by atoms with van der Waals surface area (Å²) in [4.78, 5) is 20.0. The number of hydrogen-bond donors (Lipinski definition) is 1. The fourth-order valence-electron chi connectivity index (χ4n) is 1.73. The van der Waals surface area contributed by atoms with E-state index in [0.717, 1.165) is 15.6 Å². The summed E-state index contributed by atoms with van der Waals surface area (Å²) in [6.07, 6.45) is 2.75. The van der Waals surface area contributed by atoms with E-state index in [0.29, 0.717) is 10.6 Å². The van der Waals surface area contributed by atoms with Crippen molar-refractivity contribution in [1.29, 1.82) is 0 Å². The van der Waals surface area contributed by atoms with Crippen LogP contribution in [0.1, 0.15) is 10.4 Å². The van der Waals surface area contributed by atoms with Crippen molar-refractivity contribution in [3.8, 4) is 0 Å². The highest BCUT2D eigenvalue weighted by molar-refractivity contribution is 6.31. The molecule has 0 unspecified atom stereocenters. The Labute approximate surface area is 112 Å². The number of halogens is 1. The van der Waals surface area contributed by atoms with E-state index in [1.807, 2.05) is 0 Å². The number of nitrogens with zero attached hydrogens (tertiary/aromatic N) is 4. The molecule has 2 N–H and O–H groups in total. The van der Waals surface area contributed by atoms with Crippen molar-refractivity contribution >= 4 is 34.4 Å². The lowest BCUT2D eigenvalue weighted by molar-refractivity contribution is 0.0945. The van der Waals surface area contributed by atoms with Crippen LogP contribution in [0.2, 0.25) is 5.02 Å². The van der Waals surface area contributed by atoms with Crippen molar-refractivity contribution in [3.63, 3.8) is 0 Å². The van der Waals surface area contributed by atoms with Gasteiger partial charge in [0.15, 0.2) is 0 Å². The molecule has 0 saturated heterocycles. The lowest BCUT2D eigenvalue weighted by atomic mass is 10.1. The minimum Gasteiger partial charge on any atom is -0.366 e. The van der Waals surface area contributed by atoms with Gasteiger partial charge < -0.3 is 5.73 Å². The minimum atomic E-state index is -0.349. The molecule has 0 amide bonds. The average molecular weight is 274 g/mol. The Hall–Kier alpha value is -2.47. The van der Waals surface area contributed by atoms with Gasteiger partial charge in [-0.15, -0.1) is 5.10 Å². The summed E-state index contributed by atoms with van der Waals surface area (Å²) in [5.41, 5.74) is 6.53. The van der Waals surface area contributed by atoms with Crippen molar-refractivity contribution < 1.29 is 4.79 Å². The predicted octanol–water partition coefficient (Wildman–Crippen LogP) is 1.75. The van der Waals surface area contributed by atoms with Gasteiger partial charge in [0.1, 0.15) is 6.33 Å². The zero-order valence-electron chi connectivity index (χ0n) is 9.62.